The molecule has 2 rings (SSSR count). The van der Waals surface area contributed by atoms with Gasteiger partial charge in [-0.05, 0) is 6.07 Å². The first-order valence-electron chi connectivity index (χ1n) is 4.15. The zero-order valence-corrected chi connectivity index (χ0v) is 8.39. The molecule has 0 spiro atoms. The van der Waals surface area contributed by atoms with Crippen LogP contribution in [0.3, 0.4) is 0 Å². The van der Waals surface area contributed by atoms with Crippen molar-refractivity contribution in [2.75, 3.05) is 12.4 Å². The van der Waals surface area contributed by atoms with Crippen molar-refractivity contribution in [3.63, 3.8) is 0 Å². The number of benzene rings is 1. The Morgan fingerprint density at radius 2 is 2.15 bits per heavy atom. The molecule has 0 radical (unpaired) electrons. The van der Waals surface area contributed by atoms with Crippen LogP contribution in [0.15, 0.2) is 24.4 Å². The third-order valence-electron chi connectivity index (χ3n) is 2.22. The normalized spacial score (nSPS) is 10.7. The Hall–Kier alpha value is -1.15. The summed E-state index contributed by atoms with van der Waals surface area (Å²) >= 11 is 6.08. The smallest absolute Gasteiger partial charge is 0.0688 e. The van der Waals surface area contributed by atoms with E-state index >= 15 is 0 Å². The highest BCUT2D eigenvalue weighted by Crippen LogP contribution is 2.29. The highest BCUT2D eigenvalue weighted by atomic mass is 35.5. The van der Waals surface area contributed by atoms with Gasteiger partial charge >= 0.3 is 0 Å². The van der Waals surface area contributed by atoms with Crippen molar-refractivity contribution < 1.29 is 0 Å². The average molecular weight is 195 g/mol. The van der Waals surface area contributed by atoms with Gasteiger partial charge in [-0.2, -0.15) is 0 Å². The number of anilines is 1. The van der Waals surface area contributed by atoms with Crippen molar-refractivity contribution in [1.82, 2.24) is 4.57 Å². The highest BCUT2D eigenvalue weighted by molar-refractivity contribution is 6.35. The number of fused-ring (bicyclic) bond motifs is 1. The van der Waals surface area contributed by atoms with E-state index < -0.39 is 0 Å². The molecule has 1 heterocycles. The van der Waals surface area contributed by atoms with Gasteiger partial charge in [0.1, 0.15) is 0 Å². The second kappa shape index (κ2) is 2.96. The van der Waals surface area contributed by atoms with E-state index in [1.54, 1.807) is 0 Å². The maximum absolute atomic E-state index is 6.08. The van der Waals surface area contributed by atoms with Crippen molar-refractivity contribution in [3.05, 3.63) is 29.4 Å². The monoisotopic (exact) mass is 194 g/mol. The highest BCUT2D eigenvalue weighted by Gasteiger charge is 2.06. The van der Waals surface area contributed by atoms with Gasteiger partial charge in [-0.3, -0.25) is 0 Å². The number of aromatic nitrogens is 1. The summed E-state index contributed by atoms with van der Waals surface area (Å²) in [4.78, 5) is 0. The van der Waals surface area contributed by atoms with Crippen LogP contribution in [0, 0.1) is 0 Å². The third-order valence-corrected chi connectivity index (χ3v) is 2.53. The van der Waals surface area contributed by atoms with Gasteiger partial charge in [0.2, 0.25) is 0 Å². The van der Waals surface area contributed by atoms with E-state index in [1.165, 1.54) is 0 Å². The van der Waals surface area contributed by atoms with Crippen molar-refractivity contribution in [3.8, 4) is 0 Å². The lowest BCUT2D eigenvalue weighted by atomic mass is 10.2. The average Bonchev–Trinajstić information content (AvgIpc) is 2.44. The van der Waals surface area contributed by atoms with Gasteiger partial charge in [-0.15, -0.1) is 0 Å². The molecule has 0 aliphatic carbocycles. The van der Waals surface area contributed by atoms with Gasteiger partial charge in [0.05, 0.1) is 16.2 Å². The molecular weight excluding hydrogens is 184 g/mol. The number of hydrogen-bond donors (Lipinski definition) is 1. The van der Waals surface area contributed by atoms with Gasteiger partial charge in [0, 0.05) is 25.7 Å². The van der Waals surface area contributed by atoms with Crippen LogP contribution < -0.4 is 5.32 Å². The Morgan fingerprint density at radius 3 is 2.85 bits per heavy atom. The van der Waals surface area contributed by atoms with Crippen molar-refractivity contribution in [2.24, 2.45) is 7.05 Å². The summed E-state index contributed by atoms with van der Waals surface area (Å²) in [6.45, 7) is 0. The van der Waals surface area contributed by atoms with Crippen LogP contribution in [-0.4, -0.2) is 11.6 Å². The molecule has 0 amide bonds. The SMILES string of the molecule is CNc1cn(C)c2c(Cl)cccc12. The molecule has 13 heavy (non-hydrogen) atoms. The second-order valence-electron chi connectivity index (χ2n) is 3.04. The predicted molar refractivity (Wildman–Crippen MR) is 57.5 cm³/mol. The van der Waals surface area contributed by atoms with Crippen LogP contribution in [-0.2, 0) is 7.05 Å². The Kier molecular flexibility index (Phi) is 1.93. The van der Waals surface area contributed by atoms with E-state index in [1.807, 2.05) is 37.0 Å². The minimum Gasteiger partial charge on any atom is -0.386 e. The van der Waals surface area contributed by atoms with E-state index in [4.69, 9.17) is 11.6 Å². The predicted octanol–water partition coefficient (Wildman–Crippen LogP) is 2.87. The molecule has 0 atom stereocenters. The summed E-state index contributed by atoms with van der Waals surface area (Å²) in [5.41, 5.74) is 2.19. The lowest BCUT2D eigenvalue weighted by Crippen LogP contribution is -1.85. The molecule has 0 bridgehead atoms. The van der Waals surface area contributed by atoms with E-state index in [-0.39, 0.29) is 0 Å². The van der Waals surface area contributed by atoms with Crippen molar-refractivity contribution in [1.29, 1.82) is 0 Å². The van der Waals surface area contributed by atoms with Crippen LogP contribution in [0.1, 0.15) is 0 Å². The summed E-state index contributed by atoms with van der Waals surface area (Å²) in [7, 11) is 3.91. The number of rotatable bonds is 1. The van der Waals surface area contributed by atoms with E-state index in [0.29, 0.717) is 0 Å². The van der Waals surface area contributed by atoms with Crippen LogP contribution >= 0.6 is 11.6 Å². The Morgan fingerprint density at radius 1 is 1.38 bits per heavy atom. The topological polar surface area (TPSA) is 17.0 Å². The maximum Gasteiger partial charge on any atom is 0.0688 e. The molecule has 0 aliphatic heterocycles. The molecule has 0 fully saturated rings. The summed E-state index contributed by atoms with van der Waals surface area (Å²) in [5.74, 6) is 0. The molecule has 1 aromatic heterocycles. The van der Waals surface area contributed by atoms with Gasteiger partial charge in [-0.25, -0.2) is 0 Å². The second-order valence-corrected chi connectivity index (χ2v) is 3.45. The fraction of sp³-hybridized carbons (Fsp3) is 0.200. The quantitative estimate of drug-likeness (QED) is 0.739. The molecule has 2 aromatic rings. The van der Waals surface area contributed by atoms with Gasteiger partial charge in [0.25, 0.3) is 0 Å². The number of aryl methyl sites for hydroxylation is 1. The van der Waals surface area contributed by atoms with Crippen LogP contribution in [0.2, 0.25) is 5.02 Å². The summed E-state index contributed by atoms with van der Waals surface area (Å²) < 4.78 is 2.03. The molecule has 2 nitrogen and oxygen atoms in total. The first-order chi connectivity index (χ1) is 6.24. The summed E-state index contributed by atoms with van der Waals surface area (Å²) in [6.07, 6.45) is 2.04. The van der Waals surface area contributed by atoms with E-state index in [2.05, 4.69) is 11.4 Å². The molecule has 0 saturated carbocycles. The number of nitrogens with one attached hydrogen (secondary N) is 1. The molecule has 1 N–H and O–H groups in total. The minimum atomic E-state index is 0.793. The zero-order valence-electron chi connectivity index (χ0n) is 7.63. The molecule has 3 heteroatoms. The standard InChI is InChI=1S/C10H11ClN2/c1-12-9-6-13(2)10-7(9)4-3-5-8(10)11/h3-6,12H,1-2H3. The number of halogens is 1. The summed E-state index contributed by atoms with van der Waals surface area (Å²) in [6, 6.07) is 5.93. The number of hydrogen-bond acceptors (Lipinski definition) is 1. The van der Waals surface area contributed by atoms with Gasteiger partial charge in [0.15, 0.2) is 0 Å². The molecular formula is C10H11ClN2. The van der Waals surface area contributed by atoms with Crippen molar-refractivity contribution >= 4 is 28.2 Å². The fourth-order valence-electron chi connectivity index (χ4n) is 1.62. The molecule has 0 unspecified atom stereocenters. The molecule has 0 aliphatic rings. The largest absolute Gasteiger partial charge is 0.386 e. The maximum atomic E-state index is 6.08. The Bertz CT molecular complexity index is 445. The lowest BCUT2D eigenvalue weighted by molar-refractivity contribution is 0.970. The minimum absolute atomic E-state index is 0.793. The zero-order chi connectivity index (χ0) is 9.42. The van der Waals surface area contributed by atoms with Crippen molar-refractivity contribution in [2.45, 2.75) is 0 Å². The number of para-hydroxylation sites is 1. The Labute approximate surface area is 82.1 Å². The van der Waals surface area contributed by atoms with Gasteiger partial charge < -0.3 is 9.88 Å². The molecule has 1 aromatic carbocycles. The van der Waals surface area contributed by atoms with E-state index in [9.17, 15) is 0 Å². The van der Waals surface area contributed by atoms with E-state index in [0.717, 1.165) is 21.6 Å². The summed E-state index contributed by atoms with van der Waals surface area (Å²) in [5, 5.41) is 5.10. The first kappa shape index (κ1) is 8.45. The van der Waals surface area contributed by atoms with Gasteiger partial charge in [-0.1, -0.05) is 23.7 Å². The third kappa shape index (κ3) is 1.18. The van der Waals surface area contributed by atoms with Crippen LogP contribution in [0.4, 0.5) is 5.69 Å². The number of nitrogens with zero attached hydrogens (tertiary/aromatic N) is 1. The lowest BCUT2D eigenvalue weighted by Gasteiger charge is -1.98. The molecule has 68 valence electrons. The fourth-order valence-corrected chi connectivity index (χ4v) is 1.93. The first-order valence-corrected chi connectivity index (χ1v) is 4.53. The molecule has 0 saturated heterocycles. The van der Waals surface area contributed by atoms with Crippen LogP contribution in [0.25, 0.3) is 10.9 Å². The van der Waals surface area contributed by atoms with Crippen LogP contribution in [0.5, 0.6) is 0 Å². The Balaban J connectivity index is 2.87.